The first-order chi connectivity index (χ1) is 9.51. The number of hydrogen-bond donors (Lipinski definition) is 2. The third-order valence-electron chi connectivity index (χ3n) is 2.62. The largest absolute Gasteiger partial charge is 0.492 e. The smallest absolute Gasteiger partial charge is 0.180 e. The number of anilines is 2. The first-order valence-corrected chi connectivity index (χ1v) is 6.39. The molecule has 0 aliphatic heterocycles. The topological polar surface area (TPSA) is 90.7 Å². The van der Waals surface area contributed by atoms with E-state index in [0.717, 1.165) is 0 Å². The molecule has 0 saturated carbocycles. The molecule has 0 atom stereocenters. The molecular formula is C14H14ClN3O2. The molecule has 1 aromatic carbocycles. The molecule has 20 heavy (non-hydrogen) atoms. The van der Waals surface area contributed by atoms with Crippen LogP contribution in [-0.2, 0) is 4.79 Å². The molecule has 1 aliphatic rings. The summed E-state index contributed by atoms with van der Waals surface area (Å²) in [6, 6.07) is 3.23. The number of nitrogen functional groups attached to an aromatic ring is 2. The average molecular weight is 292 g/mol. The van der Waals surface area contributed by atoms with Crippen LogP contribution in [0.25, 0.3) is 0 Å². The highest BCUT2D eigenvalue weighted by Crippen LogP contribution is 2.34. The van der Waals surface area contributed by atoms with E-state index < -0.39 is 0 Å². The van der Waals surface area contributed by atoms with Crippen LogP contribution in [0.4, 0.5) is 17.1 Å². The Morgan fingerprint density at radius 3 is 2.65 bits per heavy atom. The van der Waals surface area contributed by atoms with Crippen LogP contribution >= 0.6 is 11.6 Å². The summed E-state index contributed by atoms with van der Waals surface area (Å²) < 4.78 is 5.40. The fraction of sp³-hybridized carbons (Fsp3) is 0.143. The van der Waals surface area contributed by atoms with Gasteiger partial charge in [-0.2, -0.15) is 0 Å². The van der Waals surface area contributed by atoms with Crippen molar-refractivity contribution >= 4 is 40.2 Å². The molecule has 1 aromatic rings. The van der Waals surface area contributed by atoms with Crippen molar-refractivity contribution in [3.8, 4) is 5.75 Å². The van der Waals surface area contributed by atoms with Crippen molar-refractivity contribution in [3.63, 3.8) is 0 Å². The summed E-state index contributed by atoms with van der Waals surface area (Å²) in [5.41, 5.74) is 13.5. The number of ketones is 1. The Bertz CT molecular complexity index is 648. The molecule has 0 fully saturated rings. The number of ether oxygens (including phenoxy) is 1. The molecule has 104 valence electrons. The second kappa shape index (κ2) is 5.79. The van der Waals surface area contributed by atoms with Gasteiger partial charge in [-0.05, 0) is 25.1 Å². The lowest BCUT2D eigenvalue weighted by Gasteiger charge is -2.11. The third-order valence-corrected chi connectivity index (χ3v) is 2.92. The lowest BCUT2D eigenvalue weighted by molar-refractivity contribution is -0.110. The second-order valence-electron chi connectivity index (χ2n) is 4.11. The van der Waals surface area contributed by atoms with Crippen molar-refractivity contribution in [2.45, 2.75) is 6.92 Å². The van der Waals surface area contributed by atoms with Crippen LogP contribution < -0.4 is 16.2 Å². The molecular weight excluding hydrogens is 278 g/mol. The predicted octanol–water partition coefficient (Wildman–Crippen LogP) is 2.58. The zero-order chi connectivity index (χ0) is 14.7. The highest BCUT2D eigenvalue weighted by atomic mass is 35.5. The lowest BCUT2D eigenvalue weighted by Crippen LogP contribution is -2.04. The summed E-state index contributed by atoms with van der Waals surface area (Å²) in [4.78, 5) is 15.5. The minimum atomic E-state index is -0.172. The van der Waals surface area contributed by atoms with Gasteiger partial charge in [0.2, 0.25) is 0 Å². The van der Waals surface area contributed by atoms with Crippen molar-refractivity contribution in [1.29, 1.82) is 0 Å². The van der Waals surface area contributed by atoms with Gasteiger partial charge in [-0.25, -0.2) is 4.99 Å². The van der Waals surface area contributed by atoms with Crippen LogP contribution in [0.5, 0.6) is 5.75 Å². The Morgan fingerprint density at radius 2 is 2.00 bits per heavy atom. The van der Waals surface area contributed by atoms with Crippen LogP contribution in [0.1, 0.15) is 6.92 Å². The van der Waals surface area contributed by atoms with Crippen LogP contribution in [0.2, 0.25) is 0 Å². The standard InChI is InChI=1S/C14H14ClN3O2/c1-2-20-14-7-13(10(16)6-11(14)17)18-12-4-3-8(19)5-9(12)15/h3-7H,2,16-17H2,1H3. The Labute approximate surface area is 121 Å². The van der Waals surface area contributed by atoms with Gasteiger partial charge in [-0.1, -0.05) is 11.6 Å². The number of carbonyl (C=O) groups is 1. The lowest BCUT2D eigenvalue weighted by atomic mass is 10.1. The highest BCUT2D eigenvalue weighted by Gasteiger charge is 2.11. The van der Waals surface area contributed by atoms with E-state index in [9.17, 15) is 4.79 Å². The van der Waals surface area contributed by atoms with Gasteiger partial charge in [0.1, 0.15) is 5.75 Å². The average Bonchev–Trinajstić information content (AvgIpc) is 2.38. The molecule has 5 nitrogen and oxygen atoms in total. The van der Waals surface area contributed by atoms with E-state index >= 15 is 0 Å². The summed E-state index contributed by atoms with van der Waals surface area (Å²) in [5.74, 6) is 0.339. The maximum atomic E-state index is 11.2. The van der Waals surface area contributed by atoms with Gasteiger partial charge in [0.05, 0.1) is 34.4 Å². The van der Waals surface area contributed by atoms with Crippen LogP contribution in [0.15, 0.2) is 40.4 Å². The van der Waals surface area contributed by atoms with Gasteiger partial charge in [0.15, 0.2) is 5.78 Å². The number of nitrogens with two attached hydrogens (primary N) is 2. The number of allylic oxidation sites excluding steroid dienone is 4. The molecule has 2 rings (SSSR count). The zero-order valence-corrected chi connectivity index (χ0v) is 11.6. The van der Waals surface area contributed by atoms with E-state index in [1.807, 2.05) is 6.92 Å². The van der Waals surface area contributed by atoms with Gasteiger partial charge in [-0.3, -0.25) is 4.79 Å². The summed E-state index contributed by atoms with van der Waals surface area (Å²) in [5, 5.41) is 0.270. The molecule has 0 bridgehead atoms. The van der Waals surface area contributed by atoms with Gasteiger partial charge < -0.3 is 16.2 Å². The maximum Gasteiger partial charge on any atom is 0.180 e. The van der Waals surface area contributed by atoms with Crippen LogP contribution in [0, 0.1) is 0 Å². The number of benzene rings is 1. The highest BCUT2D eigenvalue weighted by molar-refractivity contribution is 6.48. The molecule has 0 aromatic heterocycles. The third kappa shape index (κ3) is 3.00. The molecule has 6 heteroatoms. The molecule has 0 radical (unpaired) electrons. The van der Waals surface area contributed by atoms with Gasteiger partial charge in [0, 0.05) is 12.1 Å². The van der Waals surface area contributed by atoms with E-state index in [2.05, 4.69) is 4.99 Å². The monoisotopic (exact) mass is 291 g/mol. The summed E-state index contributed by atoms with van der Waals surface area (Å²) in [7, 11) is 0. The quantitative estimate of drug-likeness (QED) is 0.661. The molecule has 0 heterocycles. The number of aliphatic imine (C=N–C) groups is 1. The van der Waals surface area contributed by atoms with Crippen molar-refractivity contribution in [2.75, 3.05) is 18.1 Å². The number of carbonyl (C=O) groups excluding carboxylic acids is 1. The van der Waals surface area contributed by atoms with Crippen molar-refractivity contribution in [1.82, 2.24) is 0 Å². The Kier molecular flexibility index (Phi) is 4.10. The van der Waals surface area contributed by atoms with Gasteiger partial charge in [0.25, 0.3) is 0 Å². The maximum absolute atomic E-state index is 11.2. The zero-order valence-electron chi connectivity index (χ0n) is 10.9. The summed E-state index contributed by atoms with van der Waals surface area (Å²) in [6.45, 7) is 2.34. The molecule has 0 unspecified atom stereocenters. The summed E-state index contributed by atoms with van der Waals surface area (Å²) >= 11 is 5.97. The molecule has 0 saturated heterocycles. The van der Waals surface area contributed by atoms with Crippen molar-refractivity contribution in [2.24, 2.45) is 4.99 Å². The van der Waals surface area contributed by atoms with Crippen LogP contribution in [-0.4, -0.2) is 18.1 Å². The van der Waals surface area contributed by atoms with E-state index in [4.69, 9.17) is 27.8 Å². The molecule has 0 amide bonds. The first-order valence-electron chi connectivity index (χ1n) is 6.01. The molecule has 1 aliphatic carbocycles. The normalized spacial score (nSPS) is 16.4. The van der Waals surface area contributed by atoms with Crippen LogP contribution in [0.3, 0.4) is 0 Å². The predicted molar refractivity (Wildman–Crippen MR) is 81.6 cm³/mol. The Hall–Kier alpha value is -2.27. The minimum absolute atomic E-state index is 0.172. The van der Waals surface area contributed by atoms with E-state index in [1.54, 1.807) is 18.2 Å². The Balaban J connectivity index is 2.43. The fourth-order valence-electron chi connectivity index (χ4n) is 1.69. The van der Waals surface area contributed by atoms with E-state index in [-0.39, 0.29) is 10.8 Å². The summed E-state index contributed by atoms with van der Waals surface area (Å²) in [6.07, 6.45) is 4.24. The first kappa shape index (κ1) is 14.1. The Morgan fingerprint density at radius 1 is 1.25 bits per heavy atom. The minimum Gasteiger partial charge on any atom is -0.492 e. The van der Waals surface area contributed by atoms with E-state index in [1.165, 1.54) is 12.2 Å². The SMILES string of the molecule is CCOc1cc(N=C2C=CC(=O)C=C2Cl)c(N)cc1N. The van der Waals surface area contributed by atoms with Crippen molar-refractivity contribution < 1.29 is 9.53 Å². The number of halogens is 1. The van der Waals surface area contributed by atoms with Crippen molar-refractivity contribution in [3.05, 3.63) is 35.4 Å². The molecule has 0 spiro atoms. The number of hydrogen-bond acceptors (Lipinski definition) is 5. The fourth-order valence-corrected chi connectivity index (χ4v) is 1.90. The number of nitrogens with zero attached hydrogens (tertiary/aromatic N) is 1. The van der Waals surface area contributed by atoms with Gasteiger partial charge in [-0.15, -0.1) is 0 Å². The number of rotatable bonds is 3. The van der Waals surface area contributed by atoms with E-state index in [0.29, 0.717) is 35.1 Å². The second-order valence-corrected chi connectivity index (χ2v) is 4.51. The van der Waals surface area contributed by atoms with Gasteiger partial charge >= 0.3 is 0 Å². The molecule has 4 N–H and O–H groups in total.